The second-order valence-corrected chi connectivity index (χ2v) is 8.93. The van der Waals surface area contributed by atoms with Crippen molar-refractivity contribution in [3.63, 3.8) is 0 Å². The summed E-state index contributed by atoms with van der Waals surface area (Å²) in [5, 5.41) is 13.3. The molecule has 0 radical (unpaired) electrons. The fourth-order valence-electron chi connectivity index (χ4n) is 4.84. The summed E-state index contributed by atoms with van der Waals surface area (Å²) < 4.78 is 17.0. The van der Waals surface area contributed by atoms with Crippen molar-refractivity contribution in [1.82, 2.24) is 24.5 Å². The van der Waals surface area contributed by atoms with Crippen LogP contribution in [0.4, 0.5) is 10.3 Å². The lowest BCUT2D eigenvalue weighted by atomic mass is 9.87. The van der Waals surface area contributed by atoms with Crippen LogP contribution in [0.15, 0.2) is 24.5 Å². The summed E-state index contributed by atoms with van der Waals surface area (Å²) in [6.07, 6.45) is 7.33. The molecule has 164 valence electrons. The number of anilines is 1. The van der Waals surface area contributed by atoms with Gasteiger partial charge >= 0.3 is 0 Å². The van der Waals surface area contributed by atoms with E-state index in [0.717, 1.165) is 53.5 Å². The smallest absolute Gasteiger partial charge is 0.224 e. The third-order valence-electron chi connectivity index (χ3n) is 6.43. The van der Waals surface area contributed by atoms with Gasteiger partial charge in [0.1, 0.15) is 17.0 Å². The van der Waals surface area contributed by atoms with E-state index in [9.17, 15) is 4.39 Å². The maximum Gasteiger partial charge on any atom is 0.224 e. The van der Waals surface area contributed by atoms with Crippen LogP contribution in [-0.4, -0.2) is 30.5 Å². The Kier molecular flexibility index (Phi) is 5.04. The van der Waals surface area contributed by atoms with Gasteiger partial charge in [-0.1, -0.05) is 0 Å². The second kappa shape index (κ2) is 7.90. The number of aryl methyl sites for hydroxylation is 1. The number of fused-ring (bicyclic) bond motifs is 2. The van der Waals surface area contributed by atoms with E-state index in [2.05, 4.69) is 49.7 Å². The van der Waals surface area contributed by atoms with Crippen molar-refractivity contribution >= 4 is 28.0 Å². The van der Waals surface area contributed by atoms with Gasteiger partial charge in [-0.15, -0.1) is 0 Å². The van der Waals surface area contributed by atoms with Crippen LogP contribution in [-0.2, 0) is 0 Å². The molecule has 0 unspecified atom stereocenters. The molecular formula is C24H26FN7. The Balaban J connectivity index is 1.47. The van der Waals surface area contributed by atoms with Crippen LogP contribution in [0.1, 0.15) is 51.4 Å². The average Bonchev–Trinajstić information content (AvgIpc) is 3.34. The number of nitrogens with zero attached hydrogens (tertiary/aromatic N) is 5. The number of H-pyrrole nitrogens is 1. The molecule has 5 rings (SSSR count). The highest BCUT2D eigenvalue weighted by atomic mass is 19.1. The van der Waals surface area contributed by atoms with Crippen molar-refractivity contribution < 1.29 is 4.39 Å². The molecule has 8 heteroatoms. The van der Waals surface area contributed by atoms with E-state index in [0.29, 0.717) is 17.1 Å². The average molecular weight is 432 g/mol. The molecule has 0 amide bonds. The lowest BCUT2D eigenvalue weighted by Gasteiger charge is -2.25. The van der Waals surface area contributed by atoms with Gasteiger partial charge in [0.2, 0.25) is 5.95 Å². The molecule has 1 aliphatic rings. The number of rotatable bonds is 4. The fourth-order valence-corrected chi connectivity index (χ4v) is 4.84. The Morgan fingerprint density at radius 1 is 1.22 bits per heavy atom. The van der Waals surface area contributed by atoms with Crippen LogP contribution in [0.25, 0.3) is 33.2 Å². The summed E-state index contributed by atoms with van der Waals surface area (Å²) in [5.41, 5.74) is 3.51. The molecule has 1 aliphatic carbocycles. The van der Waals surface area contributed by atoms with E-state index >= 15 is 0 Å². The molecule has 1 aromatic carbocycles. The zero-order valence-electron chi connectivity index (χ0n) is 18.5. The minimum absolute atomic E-state index is 0.163. The van der Waals surface area contributed by atoms with Gasteiger partial charge in [-0.3, -0.25) is 0 Å². The van der Waals surface area contributed by atoms with Gasteiger partial charge in [-0.2, -0.15) is 10.2 Å². The number of imidazole rings is 1. The number of aromatic nitrogens is 5. The van der Waals surface area contributed by atoms with Crippen LogP contribution in [0.5, 0.6) is 0 Å². The molecule has 0 spiro atoms. The third-order valence-corrected chi connectivity index (χ3v) is 6.43. The van der Waals surface area contributed by atoms with Gasteiger partial charge < -0.3 is 14.9 Å². The van der Waals surface area contributed by atoms with Crippen molar-refractivity contribution in [3.8, 4) is 17.2 Å². The molecule has 32 heavy (non-hydrogen) atoms. The van der Waals surface area contributed by atoms with E-state index in [-0.39, 0.29) is 23.8 Å². The highest BCUT2D eigenvalue weighted by Gasteiger charge is 2.22. The minimum Gasteiger partial charge on any atom is -0.351 e. The quantitative estimate of drug-likeness (QED) is 0.445. The molecule has 0 aliphatic heterocycles. The summed E-state index contributed by atoms with van der Waals surface area (Å²) in [6.45, 7) is 6.04. The summed E-state index contributed by atoms with van der Waals surface area (Å²) in [6, 6.07) is 6.34. The second-order valence-electron chi connectivity index (χ2n) is 8.93. The molecular weight excluding hydrogens is 405 g/mol. The number of hydrogen-bond donors (Lipinski definition) is 2. The summed E-state index contributed by atoms with van der Waals surface area (Å²) in [5.74, 6) is 1.20. The Labute approximate surface area is 185 Å². The Hall–Kier alpha value is -3.47. The molecule has 2 N–H and O–H groups in total. The molecule has 7 nitrogen and oxygen atoms in total. The summed E-state index contributed by atoms with van der Waals surface area (Å²) in [4.78, 5) is 16.8. The zero-order chi connectivity index (χ0) is 22.4. The highest BCUT2D eigenvalue weighted by Crippen LogP contribution is 2.33. The lowest BCUT2D eigenvalue weighted by molar-refractivity contribution is 0.396. The van der Waals surface area contributed by atoms with E-state index in [1.807, 2.05) is 19.2 Å². The zero-order valence-corrected chi connectivity index (χ0v) is 18.5. The normalized spacial score (nSPS) is 19.0. The topological polar surface area (TPSA) is 95.2 Å². The van der Waals surface area contributed by atoms with Crippen LogP contribution in [0.3, 0.4) is 0 Å². The van der Waals surface area contributed by atoms with Gasteiger partial charge in [-0.25, -0.2) is 14.4 Å². The first-order valence-electron chi connectivity index (χ1n) is 11.1. The molecule has 1 fully saturated rings. The minimum atomic E-state index is -0.332. The molecule has 4 aromatic rings. The maximum absolute atomic E-state index is 14.9. The van der Waals surface area contributed by atoms with Gasteiger partial charge in [0.25, 0.3) is 0 Å². The highest BCUT2D eigenvalue weighted by molar-refractivity contribution is 5.96. The van der Waals surface area contributed by atoms with Crippen LogP contribution in [0.2, 0.25) is 0 Å². The number of nitriles is 1. The molecule has 0 bridgehead atoms. The first-order valence-corrected chi connectivity index (χ1v) is 11.1. The van der Waals surface area contributed by atoms with Crippen LogP contribution in [0, 0.1) is 30.0 Å². The number of hydrogen-bond acceptors (Lipinski definition) is 5. The van der Waals surface area contributed by atoms with Gasteiger partial charge in [0.15, 0.2) is 5.82 Å². The van der Waals surface area contributed by atoms with Crippen molar-refractivity contribution in [2.24, 2.45) is 5.92 Å². The summed E-state index contributed by atoms with van der Waals surface area (Å²) >= 11 is 0. The van der Waals surface area contributed by atoms with Crippen molar-refractivity contribution in [1.29, 1.82) is 5.26 Å². The third kappa shape index (κ3) is 3.48. The number of benzene rings is 1. The largest absolute Gasteiger partial charge is 0.351 e. The van der Waals surface area contributed by atoms with E-state index in [4.69, 9.17) is 5.26 Å². The maximum atomic E-state index is 14.9. The first kappa shape index (κ1) is 20.4. The van der Waals surface area contributed by atoms with Gasteiger partial charge in [-0.05, 0) is 64.2 Å². The molecule has 0 atom stereocenters. The van der Waals surface area contributed by atoms with Crippen molar-refractivity contribution in [2.75, 3.05) is 5.32 Å². The standard InChI is InChI=1S/C24H26FN7/c1-13(2)32-14(3)29-22-20(25)8-16(9-21(22)32)18-11-27-23-19(18)12-28-24(31-23)30-17-6-4-15(10-26)5-7-17/h8-9,11-13,15,17H,4-7H2,1-3H3,(H2,27,28,30,31). The first-order chi connectivity index (χ1) is 15.4. The van der Waals surface area contributed by atoms with Gasteiger partial charge in [0, 0.05) is 41.3 Å². The molecule has 1 saturated carbocycles. The molecule has 3 heterocycles. The number of aromatic amines is 1. The van der Waals surface area contributed by atoms with Crippen LogP contribution < -0.4 is 5.32 Å². The van der Waals surface area contributed by atoms with E-state index in [1.54, 1.807) is 6.20 Å². The number of nitrogens with one attached hydrogen (secondary N) is 2. The Morgan fingerprint density at radius 3 is 2.72 bits per heavy atom. The predicted octanol–water partition coefficient (Wildman–Crippen LogP) is 5.50. The van der Waals surface area contributed by atoms with Crippen molar-refractivity contribution in [3.05, 3.63) is 36.2 Å². The fraction of sp³-hybridized carbons (Fsp3) is 0.417. The SMILES string of the molecule is Cc1nc2c(F)cc(-c3c[nH]c4nc(NC5CCC(C#N)CC5)ncc34)cc2n1C(C)C. The Bertz CT molecular complexity index is 1340. The molecule has 3 aromatic heterocycles. The monoisotopic (exact) mass is 431 g/mol. The van der Waals surface area contributed by atoms with Crippen LogP contribution >= 0.6 is 0 Å². The Morgan fingerprint density at radius 2 is 2.00 bits per heavy atom. The summed E-state index contributed by atoms with van der Waals surface area (Å²) in [7, 11) is 0. The van der Waals surface area contributed by atoms with E-state index < -0.39 is 0 Å². The van der Waals surface area contributed by atoms with E-state index in [1.165, 1.54) is 6.07 Å². The van der Waals surface area contributed by atoms with Gasteiger partial charge in [0.05, 0.1) is 11.6 Å². The number of halogens is 1. The lowest BCUT2D eigenvalue weighted by Crippen LogP contribution is -2.26. The predicted molar refractivity (Wildman–Crippen MR) is 123 cm³/mol. The molecule has 0 saturated heterocycles. The van der Waals surface area contributed by atoms with Crippen molar-refractivity contribution in [2.45, 2.75) is 58.5 Å².